The van der Waals surface area contributed by atoms with E-state index in [1.54, 1.807) is 0 Å². The zero-order valence-corrected chi connectivity index (χ0v) is 12.4. The lowest BCUT2D eigenvalue weighted by atomic mass is 10.00. The minimum absolute atomic E-state index is 0.642. The number of pyridine rings is 1. The lowest BCUT2D eigenvalue weighted by Gasteiger charge is -2.16. The summed E-state index contributed by atoms with van der Waals surface area (Å²) in [5.41, 5.74) is 2.80. The molecule has 0 N–H and O–H groups in total. The summed E-state index contributed by atoms with van der Waals surface area (Å²) in [6, 6.07) is 15.0. The Labute approximate surface area is 122 Å². The predicted molar refractivity (Wildman–Crippen MR) is 81.0 cm³/mol. The van der Waals surface area contributed by atoms with Crippen LogP contribution in [0.15, 0.2) is 53.3 Å². The van der Waals surface area contributed by atoms with Gasteiger partial charge in [0, 0.05) is 19.3 Å². The molecule has 1 atom stereocenters. The lowest BCUT2D eigenvalue weighted by Crippen LogP contribution is -2.19. The molecule has 0 spiro atoms. The first kappa shape index (κ1) is 12.8. The summed E-state index contributed by atoms with van der Waals surface area (Å²) in [6.45, 7) is 3.38. The lowest BCUT2D eigenvalue weighted by molar-refractivity contribution is 0.327. The van der Waals surface area contributed by atoms with Crippen molar-refractivity contribution in [1.29, 1.82) is 0 Å². The Bertz CT molecular complexity index is 541. The third kappa shape index (κ3) is 3.23. The first-order valence-electron chi connectivity index (χ1n) is 6.69. The number of rotatable bonds is 3. The van der Waals surface area contributed by atoms with Gasteiger partial charge in [0.1, 0.15) is 4.60 Å². The van der Waals surface area contributed by atoms with E-state index in [1.807, 2.05) is 6.20 Å². The van der Waals surface area contributed by atoms with Crippen LogP contribution in [0.25, 0.3) is 0 Å². The molecule has 2 heterocycles. The molecule has 98 valence electrons. The highest BCUT2D eigenvalue weighted by Crippen LogP contribution is 2.28. The topological polar surface area (TPSA) is 16.1 Å². The molecule has 0 aliphatic carbocycles. The second kappa shape index (κ2) is 5.85. The molecule has 1 aliphatic heterocycles. The number of nitrogens with zero attached hydrogens (tertiary/aromatic N) is 2. The van der Waals surface area contributed by atoms with Crippen LogP contribution in [0.2, 0.25) is 0 Å². The summed E-state index contributed by atoms with van der Waals surface area (Å²) >= 11 is 3.45. The van der Waals surface area contributed by atoms with Gasteiger partial charge in [0.25, 0.3) is 0 Å². The molecule has 1 aliphatic rings. The van der Waals surface area contributed by atoms with E-state index in [4.69, 9.17) is 0 Å². The van der Waals surface area contributed by atoms with Crippen molar-refractivity contribution in [3.63, 3.8) is 0 Å². The number of hydrogen-bond donors (Lipinski definition) is 0. The molecule has 1 aromatic carbocycles. The standard InChI is InChI=1S/C16H17BrN2/c17-16-10-14(6-8-18-16)15-7-9-19(12-15)11-13-4-2-1-3-5-13/h1-6,8,10,15H,7,9,11-12H2. The second-order valence-corrected chi connectivity index (χ2v) is 5.93. The summed E-state index contributed by atoms with van der Waals surface area (Å²) < 4.78 is 0.937. The van der Waals surface area contributed by atoms with E-state index in [0.717, 1.165) is 17.7 Å². The molecule has 3 heteroatoms. The Kier molecular flexibility index (Phi) is 3.95. The zero-order valence-electron chi connectivity index (χ0n) is 10.8. The van der Waals surface area contributed by atoms with Crippen LogP contribution in [0.3, 0.4) is 0 Å². The summed E-state index contributed by atoms with van der Waals surface area (Å²) in [7, 11) is 0. The number of aromatic nitrogens is 1. The largest absolute Gasteiger partial charge is 0.298 e. The number of benzene rings is 1. The fraction of sp³-hybridized carbons (Fsp3) is 0.312. The predicted octanol–water partition coefficient (Wildman–Crippen LogP) is 3.83. The average Bonchev–Trinajstić information content (AvgIpc) is 2.88. The molecule has 0 saturated carbocycles. The molecule has 0 radical (unpaired) electrons. The first-order valence-corrected chi connectivity index (χ1v) is 7.48. The number of likely N-dealkylation sites (tertiary alicyclic amines) is 1. The monoisotopic (exact) mass is 316 g/mol. The third-order valence-corrected chi connectivity index (χ3v) is 4.18. The van der Waals surface area contributed by atoms with Crippen molar-refractivity contribution in [1.82, 2.24) is 9.88 Å². The van der Waals surface area contributed by atoms with Crippen molar-refractivity contribution in [2.24, 2.45) is 0 Å². The van der Waals surface area contributed by atoms with E-state index in [-0.39, 0.29) is 0 Å². The quantitative estimate of drug-likeness (QED) is 0.800. The van der Waals surface area contributed by atoms with Gasteiger partial charge >= 0.3 is 0 Å². The van der Waals surface area contributed by atoms with Gasteiger partial charge in [-0.05, 0) is 58.1 Å². The maximum absolute atomic E-state index is 4.20. The van der Waals surface area contributed by atoms with E-state index in [9.17, 15) is 0 Å². The number of hydrogen-bond acceptors (Lipinski definition) is 2. The Morgan fingerprint density at radius 2 is 2.05 bits per heavy atom. The molecule has 0 bridgehead atoms. The first-order chi connectivity index (χ1) is 9.31. The van der Waals surface area contributed by atoms with Crippen LogP contribution in [-0.4, -0.2) is 23.0 Å². The van der Waals surface area contributed by atoms with Crippen molar-refractivity contribution >= 4 is 15.9 Å². The fourth-order valence-corrected chi connectivity index (χ4v) is 3.14. The smallest absolute Gasteiger partial charge is 0.106 e. The fourth-order valence-electron chi connectivity index (χ4n) is 2.76. The number of halogens is 1. The normalized spacial score (nSPS) is 19.7. The second-order valence-electron chi connectivity index (χ2n) is 5.12. The average molecular weight is 317 g/mol. The molecule has 1 fully saturated rings. The molecule has 0 amide bonds. The van der Waals surface area contributed by atoms with Crippen molar-refractivity contribution in [3.8, 4) is 0 Å². The van der Waals surface area contributed by atoms with Crippen LogP contribution in [0, 0.1) is 0 Å². The van der Waals surface area contributed by atoms with Gasteiger partial charge in [-0.15, -0.1) is 0 Å². The van der Waals surface area contributed by atoms with Gasteiger partial charge in [-0.2, -0.15) is 0 Å². The molecule has 2 nitrogen and oxygen atoms in total. The summed E-state index contributed by atoms with van der Waals surface area (Å²) in [6.07, 6.45) is 3.13. The van der Waals surface area contributed by atoms with Gasteiger partial charge < -0.3 is 0 Å². The van der Waals surface area contributed by atoms with Crippen LogP contribution in [-0.2, 0) is 6.54 Å². The van der Waals surface area contributed by atoms with Gasteiger partial charge in [0.2, 0.25) is 0 Å². The van der Waals surface area contributed by atoms with Crippen LogP contribution >= 0.6 is 15.9 Å². The zero-order chi connectivity index (χ0) is 13.1. The van der Waals surface area contributed by atoms with Gasteiger partial charge in [0.05, 0.1) is 0 Å². The highest BCUT2D eigenvalue weighted by Gasteiger charge is 2.23. The third-order valence-electron chi connectivity index (χ3n) is 3.74. The Morgan fingerprint density at radius 3 is 2.84 bits per heavy atom. The van der Waals surface area contributed by atoms with Crippen molar-refractivity contribution in [2.45, 2.75) is 18.9 Å². The van der Waals surface area contributed by atoms with Crippen LogP contribution < -0.4 is 0 Å². The van der Waals surface area contributed by atoms with E-state index in [2.05, 4.69) is 68.3 Å². The maximum atomic E-state index is 4.20. The van der Waals surface area contributed by atoms with Gasteiger partial charge in [-0.1, -0.05) is 30.3 Å². The molecular weight excluding hydrogens is 300 g/mol. The van der Waals surface area contributed by atoms with E-state index in [0.29, 0.717) is 5.92 Å². The van der Waals surface area contributed by atoms with Crippen molar-refractivity contribution in [2.75, 3.05) is 13.1 Å². The minimum atomic E-state index is 0.642. The molecule has 2 aromatic rings. The van der Waals surface area contributed by atoms with Crippen molar-refractivity contribution in [3.05, 3.63) is 64.4 Å². The SMILES string of the molecule is Brc1cc(C2CCN(Cc3ccccc3)C2)ccn1. The summed E-state index contributed by atoms with van der Waals surface area (Å²) in [5, 5.41) is 0. The molecular formula is C16H17BrN2. The summed E-state index contributed by atoms with van der Waals surface area (Å²) in [4.78, 5) is 6.74. The van der Waals surface area contributed by atoms with Gasteiger partial charge in [0.15, 0.2) is 0 Å². The highest BCUT2D eigenvalue weighted by molar-refractivity contribution is 9.10. The van der Waals surface area contributed by atoms with E-state index < -0.39 is 0 Å². The Morgan fingerprint density at radius 1 is 1.21 bits per heavy atom. The van der Waals surface area contributed by atoms with Crippen LogP contribution in [0.1, 0.15) is 23.5 Å². The van der Waals surface area contributed by atoms with Crippen LogP contribution in [0.5, 0.6) is 0 Å². The van der Waals surface area contributed by atoms with E-state index >= 15 is 0 Å². The molecule has 1 aromatic heterocycles. The van der Waals surface area contributed by atoms with Gasteiger partial charge in [-0.3, -0.25) is 4.90 Å². The van der Waals surface area contributed by atoms with Gasteiger partial charge in [-0.25, -0.2) is 4.98 Å². The van der Waals surface area contributed by atoms with Crippen LogP contribution in [0.4, 0.5) is 0 Å². The Hall–Kier alpha value is -1.19. The minimum Gasteiger partial charge on any atom is -0.298 e. The molecule has 1 unspecified atom stereocenters. The summed E-state index contributed by atoms with van der Waals surface area (Å²) in [5.74, 6) is 0.642. The van der Waals surface area contributed by atoms with Crippen molar-refractivity contribution < 1.29 is 0 Å². The maximum Gasteiger partial charge on any atom is 0.106 e. The molecule has 3 rings (SSSR count). The highest BCUT2D eigenvalue weighted by atomic mass is 79.9. The molecule has 19 heavy (non-hydrogen) atoms. The molecule has 1 saturated heterocycles. The Balaban J connectivity index is 1.64. The van der Waals surface area contributed by atoms with E-state index in [1.165, 1.54) is 24.1 Å².